The zero-order valence-corrected chi connectivity index (χ0v) is 12.7. The molecule has 0 bridgehead atoms. The van der Waals surface area contributed by atoms with Gasteiger partial charge in [0.15, 0.2) is 0 Å². The highest BCUT2D eigenvalue weighted by molar-refractivity contribution is 6.31. The van der Waals surface area contributed by atoms with Gasteiger partial charge in [-0.25, -0.2) is 0 Å². The first kappa shape index (κ1) is 14.8. The molecule has 1 heterocycles. The minimum atomic E-state index is 0.548. The van der Waals surface area contributed by atoms with Crippen molar-refractivity contribution < 1.29 is 0 Å². The van der Waals surface area contributed by atoms with Crippen molar-refractivity contribution in [1.82, 2.24) is 9.80 Å². The molecule has 1 unspecified atom stereocenters. The van der Waals surface area contributed by atoms with E-state index in [0.29, 0.717) is 12.6 Å². The largest absolute Gasteiger partial charge is 0.326 e. The Morgan fingerprint density at radius 1 is 1.37 bits per heavy atom. The summed E-state index contributed by atoms with van der Waals surface area (Å²) in [6.07, 6.45) is 1.20. The Kier molecular flexibility index (Phi) is 5.22. The molecule has 0 saturated carbocycles. The molecule has 1 aromatic rings. The summed E-state index contributed by atoms with van der Waals surface area (Å²) in [6, 6.07) is 6.85. The van der Waals surface area contributed by atoms with Crippen LogP contribution in [0.2, 0.25) is 5.02 Å². The molecule has 1 aliphatic rings. The van der Waals surface area contributed by atoms with Crippen molar-refractivity contribution >= 4 is 11.6 Å². The molecule has 1 atom stereocenters. The van der Waals surface area contributed by atoms with Crippen molar-refractivity contribution in [2.75, 3.05) is 26.7 Å². The molecule has 2 rings (SSSR count). The fourth-order valence-electron chi connectivity index (χ4n) is 2.68. The van der Waals surface area contributed by atoms with Crippen molar-refractivity contribution in [2.24, 2.45) is 5.73 Å². The second kappa shape index (κ2) is 6.71. The highest BCUT2D eigenvalue weighted by Crippen LogP contribution is 2.21. The summed E-state index contributed by atoms with van der Waals surface area (Å²) >= 11 is 6.33. The lowest BCUT2D eigenvalue weighted by Crippen LogP contribution is -2.50. The van der Waals surface area contributed by atoms with Crippen molar-refractivity contribution in [3.8, 4) is 0 Å². The van der Waals surface area contributed by atoms with Gasteiger partial charge in [0.2, 0.25) is 0 Å². The Morgan fingerprint density at radius 2 is 2.16 bits per heavy atom. The van der Waals surface area contributed by atoms with E-state index in [9.17, 15) is 0 Å². The van der Waals surface area contributed by atoms with Gasteiger partial charge in [0.25, 0.3) is 0 Å². The summed E-state index contributed by atoms with van der Waals surface area (Å²) in [5.74, 6) is 0. The van der Waals surface area contributed by atoms with Gasteiger partial charge in [-0.3, -0.25) is 4.90 Å². The van der Waals surface area contributed by atoms with Crippen LogP contribution < -0.4 is 5.73 Å². The van der Waals surface area contributed by atoms with Crippen LogP contribution in [0.15, 0.2) is 18.2 Å². The van der Waals surface area contributed by atoms with Gasteiger partial charge in [-0.1, -0.05) is 30.7 Å². The van der Waals surface area contributed by atoms with E-state index >= 15 is 0 Å². The lowest BCUT2D eigenvalue weighted by molar-refractivity contribution is 0.0884. The molecule has 2 N–H and O–H groups in total. The molecule has 1 saturated heterocycles. The van der Waals surface area contributed by atoms with Gasteiger partial charge in [-0.05, 0) is 30.7 Å². The van der Waals surface area contributed by atoms with Gasteiger partial charge in [0.1, 0.15) is 0 Å². The molecule has 106 valence electrons. The summed E-state index contributed by atoms with van der Waals surface area (Å²) < 4.78 is 0. The fourth-order valence-corrected chi connectivity index (χ4v) is 2.94. The molecule has 0 spiro atoms. The van der Waals surface area contributed by atoms with Gasteiger partial charge >= 0.3 is 0 Å². The average molecular weight is 282 g/mol. The Hall–Kier alpha value is -0.610. The van der Waals surface area contributed by atoms with E-state index in [1.54, 1.807) is 0 Å². The number of likely N-dealkylation sites (N-methyl/N-ethyl adjacent to an activating group) is 1. The number of hydrogen-bond donors (Lipinski definition) is 1. The fraction of sp³-hybridized carbons (Fsp3) is 0.600. The third kappa shape index (κ3) is 3.69. The van der Waals surface area contributed by atoms with E-state index in [-0.39, 0.29) is 0 Å². The third-order valence-corrected chi connectivity index (χ3v) is 4.43. The number of hydrogen-bond acceptors (Lipinski definition) is 3. The van der Waals surface area contributed by atoms with Crippen molar-refractivity contribution in [2.45, 2.75) is 32.5 Å². The molecule has 1 fully saturated rings. The number of nitrogens with zero attached hydrogens (tertiary/aromatic N) is 2. The van der Waals surface area contributed by atoms with Crippen LogP contribution >= 0.6 is 11.6 Å². The van der Waals surface area contributed by atoms with Gasteiger partial charge < -0.3 is 10.6 Å². The predicted octanol–water partition coefficient (Wildman–Crippen LogP) is 2.32. The van der Waals surface area contributed by atoms with Crippen molar-refractivity contribution in [3.05, 3.63) is 34.3 Å². The molecule has 3 nitrogen and oxygen atoms in total. The first-order valence-electron chi connectivity index (χ1n) is 7.04. The van der Waals surface area contributed by atoms with Crippen LogP contribution in [-0.4, -0.2) is 42.5 Å². The third-order valence-electron chi connectivity index (χ3n) is 4.08. The quantitative estimate of drug-likeness (QED) is 0.919. The summed E-state index contributed by atoms with van der Waals surface area (Å²) in [7, 11) is 2.22. The van der Waals surface area contributed by atoms with Crippen LogP contribution in [0.3, 0.4) is 0 Å². The molecule has 4 heteroatoms. The average Bonchev–Trinajstić information content (AvgIpc) is 2.43. The van der Waals surface area contributed by atoms with Crippen LogP contribution in [0.25, 0.3) is 0 Å². The van der Waals surface area contributed by atoms with Gasteiger partial charge in [0.05, 0.1) is 0 Å². The maximum Gasteiger partial charge on any atom is 0.0454 e. The minimum Gasteiger partial charge on any atom is -0.326 e. The van der Waals surface area contributed by atoms with E-state index in [2.05, 4.69) is 35.9 Å². The highest BCUT2D eigenvalue weighted by atomic mass is 35.5. The second-order valence-corrected chi connectivity index (χ2v) is 5.81. The first-order valence-corrected chi connectivity index (χ1v) is 7.41. The standard InChI is InChI=1S/C15H24ClN3/c1-3-14-11-19(7-6-18(14)2)10-13-5-4-12(9-17)8-15(13)16/h4-5,8,14H,3,6-7,9-11,17H2,1-2H3. The maximum absolute atomic E-state index is 6.33. The maximum atomic E-state index is 6.33. The number of benzene rings is 1. The normalized spacial score (nSPS) is 21.8. The SMILES string of the molecule is CCC1CN(Cc2ccc(CN)cc2Cl)CCN1C. The Morgan fingerprint density at radius 3 is 2.79 bits per heavy atom. The molecule has 0 aliphatic carbocycles. The predicted molar refractivity (Wildman–Crippen MR) is 81.3 cm³/mol. The molecule has 0 aromatic heterocycles. The molecule has 0 amide bonds. The van der Waals surface area contributed by atoms with E-state index in [1.807, 2.05) is 6.07 Å². The lowest BCUT2D eigenvalue weighted by atomic mass is 10.1. The topological polar surface area (TPSA) is 32.5 Å². The summed E-state index contributed by atoms with van der Waals surface area (Å²) in [5, 5.41) is 0.843. The summed E-state index contributed by atoms with van der Waals surface area (Å²) in [5.41, 5.74) is 7.93. The second-order valence-electron chi connectivity index (χ2n) is 5.41. The summed E-state index contributed by atoms with van der Waals surface area (Å²) in [6.45, 7) is 7.12. The zero-order valence-electron chi connectivity index (χ0n) is 11.9. The molecule has 19 heavy (non-hydrogen) atoms. The smallest absolute Gasteiger partial charge is 0.0454 e. The van der Waals surface area contributed by atoms with Crippen molar-refractivity contribution in [3.63, 3.8) is 0 Å². The number of rotatable bonds is 4. The van der Waals surface area contributed by atoms with Crippen LogP contribution in [0.1, 0.15) is 24.5 Å². The number of halogens is 1. The molecule has 0 radical (unpaired) electrons. The van der Waals surface area contributed by atoms with Crippen LogP contribution in [0.4, 0.5) is 0 Å². The Labute approximate surface area is 121 Å². The van der Waals surface area contributed by atoms with E-state index in [0.717, 1.165) is 36.8 Å². The highest BCUT2D eigenvalue weighted by Gasteiger charge is 2.23. The van der Waals surface area contributed by atoms with E-state index in [1.165, 1.54) is 12.0 Å². The Balaban J connectivity index is 2.01. The molecule has 1 aliphatic heterocycles. The van der Waals surface area contributed by atoms with E-state index in [4.69, 9.17) is 17.3 Å². The van der Waals surface area contributed by atoms with Gasteiger partial charge in [0, 0.05) is 43.8 Å². The Bertz CT molecular complexity index is 422. The minimum absolute atomic E-state index is 0.548. The first-order chi connectivity index (χ1) is 9.13. The van der Waals surface area contributed by atoms with E-state index < -0.39 is 0 Å². The van der Waals surface area contributed by atoms with Crippen LogP contribution in [0, 0.1) is 0 Å². The van der Waals surface area contributed by atoms with Crippen molar-refractivity contribution in [1.29, 1.82) is 0 Å². The molecule has 1 aromatic carbocycles. The molecular formula is C15H24ClN3. The number of piperazine rings is 1. The van der Waals surface area contributed by atoms with Gasteiger partial charge in [-0.15, -0.1) is 0 Å². The molecular weight excluding hydrogens is 258 g/mol. The zero-order chi connectivity index (χ0) is 13.8. The monoisotopic (exact) mass is 281 g/mol. The van der Waals surface area contributed by atoms with Crippen LogP contribution in [0.5, 0.6) is 0 Å². The number of nitrogens with two attached hydrogens (primary N) is 1. The summed E-state index contributed by atoms with van der Waals surface area (Å²) in [4.78, 5) is 4.95. The lowest BCUT2D eigenvalue weighted by Gasteiger charge is -2.39. The van der Waals surface area contributed by atoms with Gasteiger partial charge in [-0.2, -0.15) is 0 Å². The van der Waals surface area contributed by atoms with Crippen LogP contribution in [-0.2, 0) is 13.1 Å².